The molecule has 1 aromatic heterocycles. The number of hydrogen-bond donors (Lipinski definition) is 2. The number of anilines is 2. The molecule has 0 radical (unpaired) electrons. The van der Waals surface area contributed by atoms with Crippen LogP contribution in [0.25, 0.3) is 0 Å². The monoisotopic (exact) mass is 604 g/mol. The van der Waals surface area contributed by atoms with Crippen molar-refractivity contribution in [1.29, 1.82) is 0 Å². The van der Waals surface area contributed by atoms with Crippen molar-refractivity contribution in [2.45, 2.75) is 129 Å². The number of carbonyl (C=O) groups is 1. The molecule has 0 unspecified atom stereocenters. The van der Waals surface area contributed by atoms with E-state index in [-0.39, 0.29) is 56.7 Å². The number of ether oxygens (including phenoxy) is 1. The minimum Gasteiger partial charge on any atom is -0.393 e. The van der Waals surface area contributed by atoms with E-state index in [9.17, 15) is 9.90 Å². The quantitative estimate of drug-likeness (QED) is 0.368. The third kappa shape index (κ3) is 4.14. The first-order valence-electron chi connectivity index (χ1n) is 16.8. The predicted molar refractivity (Wildman–Crippen MR) is 174 cm³/mol. The number of nitrogens with one attached hydrogen (secondary N) is 1. The van der Waals surface area contributed by atoms with Gasteiger partial charge in [-0.15, -0.1) is 11.3 Å². The second-order valence-corrected chi connectivity index (χ2v) is 18.2. The normalized spacial score (nSPS) is 44.6. The maximum Gasteiger partial charge on any atom is 0.187 e. The minimum absolute atomic E-state index is 0.109. The summed E-state index contributed by atoms with van der Waals surface area (Å²) in [5.74, 6) is 1.02. The first kappa shape index (κ1) is 29.9. The van der Waals surface area contributed by atoms with Crippen molar-refractivity contribution in [1.82, 2.24) is 4.98 Å². The smallest absolute Gasteiger partial charge is 0.187 e. The largest absolute Gasteiger partial charge is 0.393 e. The number of benzene rings is 1. The second kappa shape index (κ2) is 9.39. The van der Waals surface area contributed by atoms with Crippen LogP contribution in [0.4, 0.5) is 10.8 Å². The summed E-state index contributed by atoms with van der Waals surface area (Å²) < 4.78 is 6.91. The van der Waals surface area contributed by atoms with Gasteiger partial charge < -0.3 is 15.2 Å². The summed E-state index contributed by atoms with van der Waals surface area (Å²) in [6.45, 7) is 18.5. The zero-order chi connectivity index (χ0) is 30.8. The molecule has 0 amide bonds. The van der Waals surface area contributed by atoms with Gasteiger partial charge >= 0.3 is 0 Å². The van der Waals surface area contributed by atoms with E-state index in [1.807, 2.05) is 18.2 Å². The van der Waals surface area contributed by atoms with Crippen LogP contribution < -0.4 is 5.32 Å². The lowest BCUT2D eigenvalue weighted by Crippen LogP contribution is -2.68. The number of thiazole rings is 1. The van der Waals surface area contributed by atoms with Gasteiger partial charge in [0, 0.05) is 28.3 Å². The lowest BCUT2D eigenvalue weighted by atomic mass is 9.35. The van der Waals surface area contributed by atoms with Crippen molar-refractivity contribution in [3.8, 4) is 0 Å². The SMILES string of the molecule is CC1(C)CCC[C@](C)([C@H]2CC[C@]3(C)[C@@H]2[C@H](O)C[C@@H]2[C@@]4(C)Cc5sc(Nc6ccccc6)nc5C(C)(C)[C@@H]4C(=O)C[C@]23C)O1. The number of nitrogens with zero attached hydrogens (tertiary/aromatic N) is 1. The van der Waals surface area contributed by atoms with Gasteiger partial charge in [0.1, 0.15) is 5.78 Å². The highest BCUT2D eigenvalue weighted by Gasteiger charge is 2.73. The third-order valence-corrected chi connectivity index (χ3v) is 14.7. The van der Waals surface area contributed by atoms with Crippen LogP contribution in [0.3, 0.4) is 0 Å². The number of aliphatic hydroxyl groups excluding tert-OH is 1. The Morgan fingerprint density at radius 3 is 2.37 bits per heavy atom. The van der Waals surface area contributed by atoms with E-state index in [0.29, 0.717) is 18.1 Å². The Balaban J connectivity index is 1.26. The average Bonchev–Trinajstić information content (AvgIpc) is 3.48. The Morgan fingerprint density at radius 1 is 0.953 bits per heavy atom. The highest BCUT2D eigenvalue weighted by molar-refractivity contribution is 7.15. The molecule has 0 bridgehead atoms. The Bertz CT molecular complexity index is 1430. The van der Waals surface area contributed by atoms with E-state index in [4.69, 9.17) is 9.72 Å². The fourth-order valence-corrected chi connectivity index (χ4v) is 13.5. The number of aliphatic hydroxyl groups is 1. The van der Waals surface area contributed by atoms with Crippen LogP contribution in [0.5, 0.6) is 0 Å². The molecule has 2 aromatic rings. The van der Waals surface area contributed by atoms with Gasteiger partial charge in [-0.25, -0.2) is 4.98 Å². The van der Waals surface area contributed by atoms with Gasteiger partial charge in [0.2, 0.25) is 0 Å². The predicted octanol–water partition coefficient (Wildman–Crippen LogP) is 8.47. The van der Waals surface area contributed by atoms with E-state index >= 15 is 0 Å². The van der Waals surface area contributed by atoms with E-state index in [1.165, 1.54) is 11.3 Å². The maximum absolute atomic E-state index is 14.6. The lowest BCUT2D eigenvalue weighted by Gasteiger charge is -2.69. The molecule has 234 valence electrons. The first-order valence-corrected chi connectivity index (χ1v) is 17.6. The van der Waals surface area contributed by atoms with E-state index in [2.05, 4.69) is 72.8 Å². The number of carbonyl (C=O) groups excluding carboxylic acids is 1. The molecule has 9 atom stereocenters. The molecular formula is C37H52N2O3S. The molecule has 5 nitrogen and oxygen atoms in total. The number of para-hydroxylation sites is 1. The summed E-state index contributed by atoms with van der Waals surface area (Å²) >= 11 is 1.75. The van der Waals surface area contributed by atoms with Gasteiger partial charge in [0.05, 0.1) is 23.0 Å². The topological polar surface area (TPSA) is 71.5 Å². The van der Waals surface area contributed by atoms with Crippen molar-refractivity contribution >= 4 is 27.9 Å². The van der Waals surface area contributed by atoms with Gasteiger partial charge in [-0.1, -0.05) is 52.8 Å². The van der Waals surface area contributed by atoms with Crippen LogP contribution in [0.15, 0.2) is 30.3 Å². The molecule has 6 heteroatoms. The number of aromatic nitrogens is 1. The molecule has 1 aliphatic heterocycles. The number of fused-ring (bicyclic) bond motifs is 6. The van der Waals surface area contributed by atoms with Crippen LogP contribution in [-0.2, 0) is 21.4 Å². The fraction of sp³-hybridized carbons (Fsp3) is 0.730. The summed E-state index contributed by atoms with van der Waals surface area (Å²) in [4.78, 5) is 21.1. The highest BCUT2D eigenvalue weighted by Crippen LogP contribution is 2.75. The van der Waals surface area contributed by atoms with E-state index < -0.39 is 0 Å². The lowest BCUT2D eigenvalue weighted by molar-refractivity contribution is -0.239. The van der Waals surface area contributed by atoms with Gasteiger partial charge in [-0.3, -0.25) is 4.79 Å². The summed E-state index contributed by atoms with van der Waals surface area (Å²) in [5.41, 5.74) is 0.860. The van der Waals surface area contributed by atoms with Gasteiger partial charge in [0.25, 0.3) is 0 Å². The molecule has 2 heterocycles. The molecule has 4 fully saturated rings. The number of rotatable bonds is 3. The van der Waals surface area contributed by atoms with Crippen molar-refractivity contribution in [3.05, 3.63) is 40.9 Å². The maximum atomic E-state index is 14.6. The zero-order valence-electron chi connectivity index (χ0n) is 27.5. The third-order valence-electron chi connectivity index (χ3n) is 13.8. The molecule has 5 aliphatic rings. The van der Waals surface area contributed by atoms with Crippen molar-refractivity contribution in [2.24, 2.45) is 39.9 Å². The summed E-state index contributed by atoms with van der Waals surface area (Å²) in [6, 6.07) is 10.2. The fourth-order valence-electron chi connectivity index (χ4n) is 12.2. The van der Waals surface area contributed by atoms with Gasteiger partial charge in [-0.05, 0) is 112 Å². The molecule has 0 spiro atoms. The molecule has 1 aromatic carbocycles. The number of Topliss-reactive ketones (excluding diaryl/α,β-unsaturated/α-hetero) is 1. The Hall–Kier alpha value is -1.76. The summed E-state index contributed by atoms with van der Waals surface area (Å²) in [7, 11) is 0. The molecule has 4 aliphatic carbocycles. The zero-order valence-corrected chi connectivity index (χ0v) is 28.4. The Kier molecular flexibility index (Phi) is 6.53. The summed E-state index contributed by atoms with van der Waals surface area (Å²) in [5, 5.41) is 16.7. The van der Waals surface area contributed by atoms with Crippen molar-refractivity contribution in [2.75, 3.05) is 5.32 Å². The number of hydrogen-bond acceptors (Lipinski definition) is 6. The van der Waals surface area contributed by atoms with Gasteiger partial charge in [-0.2, -0.15) is 0 Å². The van der Waals surface area contributed by atoms with Crippen LogP contribution >= 0.6 is 11.3 Å². The summed E-state index contributed by atoms with van der Waals surface area (Å²) in [6.07, 6.45) is 7.28. The second-order valence-electron chi connectivity index (χ2n) is 17.2. The number of ketones is 1. The molecule has 7 rings (SSSR count). The highest BCUT2D eigenvalue weighted by atomic mass is 32.1. The molecule has 3 saturated carbocycles. The first-order chi connectivity index (χ1) is 20.0. The van der Waals surface area contributed by atoms with E-state index in [1.54, 1.807) is 11.3 Å². The van der Waals surface area contributed by atoms with Crippen LogP contribution in [0.1, 0.15) is 111 Å². The van der Waals surface area contributed by atoms with Crippen LogP contribution in [0.2, 0.25) is 0 Å². The van der Waals surface area contributed by atoms with Crippen LogP contribution in [-0.4, -0.2) is 33.2 Å². The molecule has 1 saturated heterocycles. The van der Waals surface area contributed by atoms with Crippen LogP contribution in [0, 0.1) is 39.9 Å². The molecule has 43 heavy (non-hydrogen) atoms. The Labute approximate surface area is 262 Å². The van der Waals surface area contributed by atoms with Crippen molar-refractivity contribution in [3.63, 3.8) is 0 Å². The molecular weight excluding hydrogens is 552 g/mol. The standard InChI is InChI=1S/C37H52N2O3S/c1-32(2)16-12-17-37(8,42-32)23-15-18-35(6)28(23)24(40)19-27-34(5)21-26-30(33(3,4)29(34)25(41)20-36(27,35)7)39-31(43-26)38-22-13-10-9-11-14-22/h9-11,13-14,23-24,27-29,40H,12,15-21H2,1-8H3,(H,38,39)/t23-,24+,27+,28-,29-,34+,35+,36+,37+/m0/s1. The van der Waals surface area contributed by atoms with Gasteiger partial charge in [0.15, 0.2) is 5.13 Å². The Morgan fingerprint density at radius 2 is 1.67 bits per heavy atom. The average molecular weight is 605 g/mol. The minimum atomic E-state index is -0.381. The van der Waals surface area contributed by atoms with Crippen molar-refractivity contribution < 1.29 is 14.6 Å². The molecule has 2 N–H and O–H groups in total. The van der Waals surface area contributed by atoms with E-state index in [0.717, 1.165) is 55.0 Å².